The maximum atomic E-state index is 12.3. The summed E-state index contributed by atoms with van der Waals surface area (Å²) in [6.45, 7) is 0. The SMILES string of the molecule is O=C(Nc1ccc(Cl)cc1)Nc1ccc(C(=O)c2ccccc2)cc1. The molecular formula is C20H15ClN2O2. The van der Waals surface area contributed by atoms with Crippen LogP contribution in [0.25, 0.3) is 0 Å². The van der Waals surface area contributed by atoms with Crippen molar-refractivity contribution in [3.05, 3.63) is 95.0 Å². The molecule has 0 saturated heterocycles. The van der Waals surface area contributed by atoms with Crippen LogP contribution >= 0.6 is 11.6 Å². The molecule has 2 N–H and O–H groups in total. The van der Waals surface area contributed by atoms with Gasteiger partial charge in [-0.15, -0.1) is 0 Å². The van der Waals surface area contributed by atoms with E-state index in [1.165, 1.54) is 0 Å². The highest BCUT2D eigenvalue weighted by Gasteiger charge is 2.09. The van der Waals surface area contributed by atoms with Crippen molar-refractivity contribution in [2.24, 2.45) is 0 Å². The molecule has 0 unspecified atom stereocenters. The van der Waals surface area contributed by atoms with Gasteiger partial charge in [-0.05, 0) is 48.5 Å². The molecule has 2 amide bonds. The summed E-state index contributed by atoms with van der Waals surface area (Å²) in [7, 11) is 0. The van der Waals surface area contributed by atoms with Crippen LogP contribution in [0.2, 0.25) is 5.02 Å². The second kappa shape index (κ2) is 7.64. The van der Waals surface area contributed by atoms with Gasteiger partial charge in [0.05, 0.1) is 0 Å². The fourth-order valence-corrected chi connectivity index (χ4v) is 2.41. The second-order valence-electron chi connectivity index (χ2n) is 5.36. The molecule has 0 aliphatic rings. The number of carbonyl (C=O) groups excluding carboxylic acids is 2. The molecule has 5 heteroatoms. The zero-order valence-corrected chi connectivity index (χ0v) is 14.0. The van der Waals surface area contributed by atoms with E-state index in [0.29, 0.717) is 27.5 Å². The quantitative estimate of drug-likeness (QED) is 0.634. The van der Waals surface area contributed by atoms with Gasteiger partial charge in [-0.25, -0.2) is 4.79 Å². The number of rotatable bonds is 4. The molecule has 0 saturated carbocycles. The van der Waals surface area contributed by atoms with E-state index in [1.54, 1.807) is 60.7 Å². The molecule has 0 aromatic heterocycles. The molecule has 0 heterocycles. The number of halogens is 1. The van der Waals surface area contributed by atoms with Crippen molar-refractivity contribution in [2.75, 3.05) is 10.6 Å². The number of nitrogens with one attached hydrogen (secondary N) is 2. The Morgan fingerprint density at radius 1 is 0.640 bits per heavy atom. The summed E-state index contributed by atoms with van der Waals surface area (Å²) in [6, 6.07) is 22.3. The average molecular weight is 351 g/mol. The molecule has 3 rings (SSSR count). The highest BCUT2D eigenvalue weighted by atomic mass is 35.5. The van der Waals surface area contributed by atoms with Crippen LogP contribution in [-0.4, -0.2) is 11.8 Å². The minimum Gasteiger partial charge on any atom is -0.308 e. The van der Waals surface area contributed by atoms with Gasteiger partial charge >= 0.3 is 6.03 Å². The van der Waals surface area contributed by atoms with Crippen LogP contribution in [0.5, 0.6) is 0 Å². The van der Waals surface area contributed by atoms with Crippen molar-refractivity contribution in [3.63, 3.8) is 0 Å². The maximum absolute atomic E-state index is 12.3. The lowest BCUT2D eigenvalue weighted by molar-refractivity contribution is 0.103. The molecule has 0 fully saturated rings. The number of ketones is 1. The van der Waals surface area contributed by atoms with Crippen molar-refractivity contribution in [1.82, 2.24) is 0 Å². The predicted octanol–water partition coefficient (Wildman–Crippen LogP) is 5.22. The lowest BCUT2D eigenvalue weighted by Gasteiger charge is -2.08. The summed E-state index contributed by atoms with van der Waals surface area (Å²) < 4.78 is 0. The van der Waals surface area contributed by atoms with E-state index in [0.717, 1.165) is 0 Å². The van der Waals surface area contributed by atoms with Crippen molar-refractivity contribution in [1.29, 1.82) is 0 Å². The second-order valence-corrected chi connectivity index (χ2v) is 5.79. The first kappa shape index (κ1) is 16.7. The van der Waals surface area contributed by atoms with Crippen molar-refractivity contribution in [2.45, 2.75) is 0 Å². The van der Waals surface area contributed by atoms with Gasteiger partial charge < -0.3 is 10.6 Å². The van der Waals surface area contributed by atoms with Crippen LogP contribution in [0.15, 0.2) is 78.9 Å². The fraction of sp³-hybridized carbons (Fsp3) is 0. The summed E-state index contributed by atoms with van der Waals surface area (Å²) in [5, 5.41) is 6.02. The minimum absolute atomic E-state index is 0.0576. The van der Waals surface area contributed by atoms with Gasteiger partial charge in [0.1, 0.15) is 0 Å². The van der Waals surface area contributed by atoms with Crippen molar-refractivity contribution < 1.29 is 9.59 Å². The smallest absolute Gasteiger partial charge is 0.308 e. The zero-order chi connectivity index (χ0) is 17.6. The van der Waals surface area contributed by atoms with Crippen LogP contribution in [0.4, 0.5) is 16.2 Å². The predicted molar refractivity (Wildman–Crippen MR) is 100 cm³/mol. The van der Waals surface area contributed by atoms with Gasteiger partial charge in [-0.1, -0.05) is 41.9 Å². The molecule has 124 valence electrons. The van der Waals surface area contributed by atoms with E-state index >= 15 is 0 Å². The van der Waals surface area contributed by atoms with Gasteiger partial charge in [-0.2, -0.15) is 0 Å². The largest absolute Gasteiger partial charge is 0.323 e. The lowest BCUT2D eigenvalue weighted by atomic mass is 10.0. The molecule has 4 nitrogen and oxygen atoms in total. The van der Waals surface area contributed by atoms with Crippen molar-refractivity contribution >= 4 is 34.8 Å². The Labute approximate surface area is 150 Å². The molecule has 0 aliphatic carbocycles. The van der Waals surface area contributed by atoms with Gasteiger partial charge in [0, 0.05) is 27.5 Å². The monoisotopic (exact) mass is 350 g/mol. The Morgan fingerprint density at radius 2 is 1.12 bits per heavy atom. The summed E-state index contributed by atoms with van der Waals surface area (Å²) in [4.78, 5) is 24.3. The van der Waals surface area contributed by atoms with Gasteiger partial charge in [0.15, 0.2) is 5.78 Å². The number of hydrogen-bond donors (Lipinski definition) is 2. The third kappa shape index (κ3) is 4.46. The van der Waals surface area contributed by atoms with E-state index in [9.17, 15) is 9.59 Å². The normalized spacial score (nSPS) is 10.1. The van der Waals surface area contributed by atoms with E-state index < -0.39 is 0 Å². The first-order chi connectivity index (χ1) is 12.1. The van der Waals surface area contributed by atoms with Crippen LogP contribution in [0, 0.1) is 0 Å². The van der Waals surface area contributed by atoms with Gasteiger partial charge in [0.2, 0.25) is 0 Å². The average Bonchev–Trinajstić information content (AvgIpc) is 2.64. The van der Waals surface area contributed by atoms with Crippen LogP contribution in [-0.2, 0) is 0 Å². The van der Waals surface area contributed by atoms with E-state index in [-0.39, 0.29) is 11.8 Å². The van der Waals surface area contributed by atoms with Crippen LogP contribution in [0.1, 0.15) is 15.9 Å². The Hall–Kier alpha value is -3.11. The number of carbonyl (C=O) groups is 2. The molecule has 0 spiro atoms. The Balaban J connectivity index is 1.63. The summed E-state index contributed by atoms with van der Waals surface area (Å²) in [6.07, 6.45) is 0. The number of amides is 2. The van der Waals surface area contributed by atoms with Crippen LogP contribution in [0.3, 0.4) is 0 Å². The molecule has 25 heavy (non-hydrogen) atoms. The third-order valence-corrected chi connectivity index (χ3v) is 3.80. The first-order valence-corrected chi connectivity index (χ1v) is 8.03. The Morgan fingerprint density at radius 3 is 1.68 bits per heavy atom. The molecular weight excluding hydrogens is 336 g/mol. The Bertz CT molecular complexity index is 876. The Kier molecular flexibility index (Phi) is 5.11. The van der Waals surface area contributed by atoms with Crippen LogP contribution < -0.4 is 10.6 Å². The van der Waals surface area contributed by atoms with Crippen molar-refractivity contribution in [3.8, 4) is 0 Å². The number of benzene rings is 3. The third-order valence-electron chi connectivity index (χ3n) is 3.54. The standard InChI is InChI=1S/C20H15ClN2O2/c21-16-8-12-18(13-9-16)23-20(25)22-17-10-6-15(7-11-17)19(24)14-4-2-1-3-5-14/h1-13H,(H2,22,23,25). The summed E-state index contributed by atoms with van der Waals surface area (Å²) in [5.74, 6) is -0.0576. The van der Waals surface area contributed by atoms with E-state index in [2.05, 4.69) is 10.6 Å². The molecule has 3 aromatic rings. The molecule has 3 aromatic carbocycles. The van der Waals surface area contributed by atoms with Gasteiger partial charge in [-0.3, -0.25) is 4.79 Å². The topological polar surface area (TPSA) is 58.2 Å². The summed E-state index contributed by atoms with van der Waals surface area (Å²) in [5.41, 5.74) is 2.42. The number of hydrogen-bond acceptors (Lipinski definition) is 2. The van der Waals surface area contributed by atoms with Gasteiger partial charge in [0.25, 0.3) is 0 Å². The molecule has 0 bridgehead atoms. The lowest BCUT2D eigenvalue weighted by Crippen LogP contribution is -2.19. The molecule has 0 atom stereocenters. The maximum Gasteiger partial charge on any atom is 0.323 e. The zero-order valence-electron chi connectivity index (χ0n) is 13.2. The fourth-order valence-electron chi connectivity index (χ4n) is 2.29. The minimum atomic E-state index is -0.371. The summed E-state index contributed by atoms with van der Waals surface area (Å²) >= 11 is 5.81. The number of urea groups is 1. The highest BCUT2D eigenvalue weighted by molar-refractivity contribution is 6.30. The molecule has 0 radical (unpaired) electrons. The number of anilines is 2. The van der Waals surface area contributed by atoms with E-state index in [1.807, 2.05) is 18.2 Å². The first-order valence-electron chi connectivity index (χ1n) is 7.65. The molecule has 0 aliphatic heterocycles. The van der Waals surface area contributed by atoms with E-state index in [4.69, 9.17) is 11.6 Å². The highest BCUT2D eigenvalue weighted by Crippen LogP contribution is 2.16.